The lowest BCUT2D eigenvalue weighted by Gasteiger charge is -2.37. The Hall–Kier alpha value is -1.91. The highest BCUT2D eigenvalue weighted by Crippen LogP contribution is 2.27. The highest BCUT2D eigenvalue weighted by atomic mass is 16.2. The summed E-state index contributed by atoms with van der Waals surface area (Å²) in [6, 6.07) is 7.30. The molecule has 1 aromatic rings. The topological polar surface area (TPSA) is 38.8 Å². The smallest absolute Gasteiger partial charge is 0.317 e. The number of carbonyl (C=O) groups excluding carboxylic acids is 1. The molecule has 1 saturated carbocycles. The van der Waals surface area contributed by atoms with Crippen molar-refractivity contribution >= 4 is 17.4 Å². The minimum atomic E-state index is 0.130. The van der Waals surface area contributed by atoms with Crippen LogP contribution in [0.5, 0.6) is 0 Å². The van der Waals surface area contributed by atoms with Crippen LogP contribution < -0.4 is 15.1 Å². The molecule has 1 aliphatic heterocycles. The molecular formula is C21H34N4O. The molecule has 3 rings (SSSR count). The fourth-order valence-electron chi connectivity index (χ4n) is 4.27. The van der Waals surface area contributed by atoms with Crippen molar-refractivity contribution in [3.63, 3.8) is 0 Å². The number of aryl methyl sites for hydroxylation is 1. The Morgan fingerprint density at radius 2 is 1.77 bits per heavy atom. The van der Waals surface area contributed by atoms with Gasteiger partial charge in [-0.2, -0.15) is 0 Å². The minimum Gasteiger partial charge on any atom is -0.372 e. The van der Waals surface area contributed by atoms with E-state index in [1.807, 2.05) is 4.90 Å². The summed E-state index contributed by atoms with van der Waals surface area (Å²) in [5, 5.41) is 3.21. The number of benzene rings is 1. The van der Waals surface area contributed by atoms with Crippen LogP contribution >= 0.6 is 0 Å². The zero-order valence-corrected chi connectivity index (χ0v) is 16.6. The van der Waals surface area contributed by atoms with Crippen LogP contribution in [0.15, 0.2) is 18.2 Å². The summed E-state index contributed by atoms with van der Waals surface area (Å²) in [5.74, 6) is 0. The fraction of sp³-hybridized carbons (Fsp3) is 0.667. The Morgan fingerprint density at radius 3 is 2.35 bits per heavy atom. The van der Waals surface area contributed by atoms with Gasteiger partial charge in [0.05, 0.1) is 0 Å². The summed E-state index contributed by atoms with van der Waals surface area (Å²) in [6.07, 6.45) is 4.79. The van der Waals surface area contributed by atoms with Crippen LogP contribution in [-0.2, 0) is 0 Å². The van der Waals surface area contributed by atoms with Crippen LogP contribution in [0.1, 0.15) is 45.1 Å². The molecule has 1 aliphatic carbocycles. The van der Waals surface area contributed by atoms with Gasteiger partial charge in [-0.25, -0.2) is 4.79 Å². The van der Waals surface area contributed by atoms with Gasteiger partial charge in [0.1, 0.15) is 0 Å². The third kappa shape index (κ3) is 4.25. The number of amides is 2. The van der Waals surface area contributed by atoms with Crippen molar-refractivity contribution in [2.24, 2.45) is 0 Å². The van der Waals surface area contributed by atoms with Crippen LogP contribution in [0.4, 0.5) is 16.2 Å². The summed E-state index contributed by atoms with van der Waals surface area (Å²) in [5.41, 5.74) is 3.92. The van der Waals surface area contributed by atoms with Crippen molar-refractivity contribution in [1.82, 2.24) is 10.2 Å². The second kappa shape index (κ2) is 8.65. The number of hydrogen-bond acceptors (Lipinski definition) is 3. The molecule has 2 aliphatic rings. The lowest BCUT2D eigenvalue weighted by Crippen LogP contribution is -2.53. The van der Waals surface area contributed by atoms with E-state index in [2.05, 4.69) is 54.1 Å². The molecule has 1 N–H and O–H groups in total. The summed E-state index contributed by atoms with van der Waals surface area (Å²) in [6.45, 7) is 12.1. The quantitative estimate of drug-likeness (QED) is 0.874. The number of urea groups is 1. The Bertz CT molecular complexity index is 600. The molecule has 0 bridgehead atoms. The van der Waals surface area contributed by atoms with Crippen LogP contribution in [-0.4, -0.2) is 56.2 Å². The van der Waals surface area contributed by atoms with E-state index in [-0.39, 0.29) is 6.03 Å². The molecule has 1 aromatic carbocycles. The highest BCUT2D eigenvalue weighted by Gasteiger charge is 2.25. The summed E-state index contributed by atoms with van der Waals surface area (Å²) in [7, 11) is 0. The van der Waals surface area contributed by atoms with Crippen molar-refractivity contribution in [1.29, 1.82) is 0 Å². The van der Waals surface area contributed by atoms with Crippen LogP contribution in [0.3, 0.4) is 0 Å². The first kappa shape index (κ1) is 18.9. The van der Waals surface area contributed by atoms with Crippen molar-refractivity contribution < 1.29 is 4.79 Å². The molecule has 1 saturated heterocycles. The normalized spacial score (nSPS) is 18.3. The Balaban J connectivity index is 1.56. The van der Waals surface area contributed by atoms with Crippen molar-refractivity contribution in [2.75, 3.05) is 49.1 Å². The van der Waals surface area contributed by atoms with Crippen LogP contribution in [0.25, 0.3) is 0 Å². The summed E-state index contributed by atoms with van der Waals surface area (Å²) in [4.78, 5) is 19.2. The molecule has 144 valence electrons. The fourth-order valence-corrected chi connectivity index (χ4v) is 4.27. The third-order valence-electron chi connectivity index (χ3n) is 5.90. The molecule has 0 unspecified atom stereocenters. The zero-order valence-electron chi connectivity index (χ0n) is 16.6. The Kier molecular flexibility index (Phi) is 6.28. The van der Waals surface area contributed by atoms with E-state index in [0.717, 1.165) is 52.1 Å². The maximum atomic E-state index is 12.4. The van der Waals surface area contributed by atoms with Gasteiger partial charge >= 0.3 is 6.03 Å². The number of nitrogens with zero attached hydrogens (tertiary/aromatic N) is 3. The van der Waals surface area contributed by atoms with Gasteiger partial charge in [0.25, 0.3) is 0 Å². The van der Waals surface area contributed by atoms with E-state index >= 15 is 0 Å². The molecule has 2 amide bonds. The number of hydrogen-bond donors (Lipinski definition) is 1. The van der Waals surface area contributed by atoms with Gasteiger partial charge in [0, 0.05) is 56.7 Å². The molecule has 0 atom stereocenters. The summed E-state index contributed by atoms with van der Waals surface area (Å²) < 4.78 is 0. The number of anilines is 2. The van der Waals surface area contributed by atoms with Gasteiger partial charge in [-0.3, -0.25) is 0 Å². The number of rotatable bonds is 5. The molecule has 5 nitrogen and oxygen atoms in total. The van der Waals surface area contributed by atoms with E-state index in [1.54, 1.807) is 0 Å². The van der Waals surface area contributed by atoms with Gasteiger partial charge in [0.15, 0.2) is 0 Å². The molecule has 0 spiro atoms. The molecule has 26 heavy (non-hydrogen) atoms. The van der Waals surface area contributed by atoms with Gasteiger partial charge in [-0.05, 0) is 57.4 Å². The standard InChI is InChI=1S/C21H34N4O/c1-4-23(5-2)19-10-11-20(17(3)16-19)24-12-14-25(15-13-24)21(26)22-18-8-6-7-9-18/h10-11,16,18H,4-9,12-15H2,1-3H3,(H,22,26). The average Bonchev–Trinajstić information content (AvgIpc) is 3.16. The number of piperazine rings is 1. The largest absolute Gasteiger partial charge is 0.372 e. The predicted molar refractivity (Wildman–Crippen MR) is 109 cm³/mol. The predicted octanol–water partition coefficient (Wildman–Crippen LogP) is 3.62. The average molecular weight is 359 g/mol. The van der Waals surface area contributed by atoms with Crippen molar-refractivity contribution in [3.8, 4) is 0 Å². The number of nitrogens with one attached hydrogen (secondary N) is 1. The van der Waals surface area contributed by atoms with E-state index in [0.29, 0.717) is 6.04 Å². The van der Waals surface area contributed by atoms with E-state index in [4.69, 9.17) is 0 Å². The molecular weight excluding hydrogens is 324 g/mol. The number of carbonyl (C=O) groups is 1. The van der Waals surface area contributed by atoms with Crippen molar-refractivity contribution in [2.45, 2.75) is 52.5 Å². The monoisotopic (exact) mass is 358 g/mol. The lowest BCUT2D eigenvalue weighted by atomic mass is 10.1. The molecule has 5 heteroatoms. The minimum absolute atomic E-state index is 0.130. The molecule has 1 heterocycles. The van der Waals surface area contributed by atoms with Crippen LogP contribution in [0, 0.1) is 6.92 Å². The molecule has 2 fully saturated rings. The SMILES string of the molecule is CCN(CC)c1ccc(N2CCN(C(=O)NC3CCCC3)CC2)c(C)c1. The maximum Gasteiger partial charge on any atom is 0.317 e. The highest BCUT2D eigenvalue weighted by molar-refractivity contribution is 5.75. The lowest BCUT2D eigenvalue weighted by molar-refractivity contribution is 0.190. The van der Waals surface area contributed by atoms with Crippen molar-refractivity contribution in [3.05, 3.63) is 23.8 Å². The van der Waals surface area contributed by atoms with Gasteiger partial charge in [-0.1, -0.05) is 12.8 Å². The molecule has 0 radical (unpaired) electrons. The first-order chi connectivity index (χ1) is 12.6. The Morgan fingerprint density at radius 1 is 1.12 bits per heavy atom. The van der Waals surface area contributed by atoms with Gasteiger partial charge < -0.3 is 20.0 Å². The molecule has 0 aromatic heterocycles. The first-order valence-electron chi connectivity index (χ1n) is 10.3. The van der Waals surface area contributed by atoms with Gasteiger partial charge in [0.2, 0.25) is 0 Å². The van der Waals surface area contributed by atoms with E-state index < -0.39 is 0 Å². The zero-order chi connectivity index (χ0) is 18.5. The third-order valence-corrected chi connectivity index (χ3v) is 5.90. The van der Waals surface area contributed by atoms with Gasteiger partial charge in [-0.15, -0.1) is 0 Å². The Labute approximate surface area is 158 Å². The second-order valence-electron chi connectivity index (χ2n) is 7.55. The second-order valence-corrected chi connectivity index (χ2v) is 7.55. The van der Waals surface area contributed by atoms with E-state index in [9.17, 15) is 4.79 Å². The summed E-state index contributed by atoms with van der Waals surface area (Å²) >= 11 is 0. The first-order valence-corrected chi connectivity index (χ1v) is 10.3. The maximum absolute atomic E-state index is 12.4. The van der Waals surface area contributed by atoms with E-state index in [1.165, 1.54) is 29.8 Å². The van der Waals surface area contributed by atoms with Crippen LogP contribution in [0.2, 0.25) is 0 Å².